The van der Waals surface area contributed by atoms with E-state index in [2.05, 4.69) is 127 Å². The summed E-state index contributed by atoms with van der Waals surface area (Å²) in [5.41, 5.74) is 13.9. The summed E-state index contributed by atoms with van der Waals surface area (Å²) in [6.45, 7) is 7.94. The number of aliphatic imine (C=N–C) groups is 1. The van der Waals surface area contributed by atoms with Gasteiger partial charge in [-0.2, -0.15) is 0 Å². The fourth-order valence-electron chi connectivity index (χ4n) is 5.54. The Morgan fingerprint density at radius 1 is 0.735 bits per heavy atom. The summed E-state index contributed by atoms with van der Waals surface area (Å²) in [6, 6.07) is 33.4. The molecule has 4 aromatic carbocycles. The van der Waals surface area contributed by atoms with Crippen LogP contribution in [-0.2, 0) is 0 Å². The van der Waals surface area contributed by atoms with E-state index in [9.17, 15) is 0 Å². The Morgan fingerprint density at radius 3 is 2.03 bits per heavy atom. The molecule has 0 N–H and O–H groups in total. The van der Waals surface area contributed by atoms with Gasteiger partial charge in [0.25, 0.3) is 0 Å². The first-order valence-electron chi connectivity index (χ1n) is 11.7. The lowest BCUT2D eigenvalue weighted by molar-refractivity contribution is 1.34. The maximum atomic E-state index is 3.90. The minimum absolute atomic E-state index is 0.154. The predicted molar refractivity (Wildman–Crippen MR) is 148 cm³/mol. The van der Waals surface area contributed by atoms with Crippen molar-refractivity contribution in [3.63, 3.8) is 0 Å². The SMILES string of the molecule is C=N/C=C(C)\C=C(/C)c1ccc2c(c1)-c1ccccc1B1c3ccccc3-c3ccccc3N12. The van der Waals surface area contributed by atoms with E-state index in [-0.39, 0.29) is 6.85 Å². The van der Waals surface area contributed by atoms with Gasteiger partial charge in [0, 0.05) is 28.7 Å². The average Bonchev–Trinajstić information content (AvgIpc) is 2.88. The summed E-state index contributed by atoms with van der Waals surface area (Å²) in [7, 11) is 0. The third-order valence-electron chi connectivity index (χ3n) is 6.96. The van der Waals surface area contributed by atoms with Crippen LogP contribution in [0.5, 0.6) is 0 Å². The largest absolute Gasteiger partial charge is 0.376 e. The van der Waals surface area contributed by atoms with E-state index in [1.165, 1.54) is 55.7 Å². The third-order valence-corrected chi connectivity index (χ3v) is 6.96. The molecule has 2 nitrogen and oxygen atoms in total. The first-order chi connectivity index (χ1) is 16.7. The first kappa shape index (κ1) is 20.5. The summed E-state index contributed by atoms with van der Waals surface area (Å²) in [6.07, 6.45) is 3.96. The van der Waals surface area contributed by atoms with Crippen LogP contribution in [0.2, 0.25) is 0 Å². The van der Waals surface area contributed by atoms with E-state index in [1.54, 1.807) is 6.20 Å². The molecule has 0 saturated carbocycles. The number of fused-ring (bicyclic) bond motifs is 11. The zero-order valence-corrected chi connectivity index (χ0v) is 19.5. The summed E-state index contributed by atoms with van der Waals surface area (Å²) < 4.78 is 0. The third kappa shape index (κ3) is 3.08. The van der Waals surface area contributed by atoms with Crippen molar-refractivity contribution in [2.75, 3.05) is 4.81 Å². The van der Waals surface area contributed by atoms with Crippen LogP contribution < -0.4 is 15.7 Å². The molecule has 0 saturated heterocycles. The highest BCUT2D eigenvalue weighted by atomic mass is 15.1. The quantitative estimate of drug-likeness (QED) is 0.201. The molecule has 0 spiro atoms. The van der Waals surface area contributed by atoms with Gasteiger partial charge in [0.1, 0.15) is 0 Å². The van der Waals surface area contributed by atoms with Crippen molar-refractivity contribution in [2.24, 2.45) is 4.99 Å². The van der Waals surface area contributed by atoms with Crippen LogP contribution in [0.25, 0.3) is 27.8 Å². The van der Waals surface area contributed by atoms with Crippen LogP contribution in [0.1, 0.15) is 19.4 Å². The van der Waals surface area contributed by atoms with E-state index in [1.807, 2.05) is 0 Å². The molecule has 6 rings (SSSR count). The Hall–Kier alpha value is -4.11. The highest BCUT2D eigenvalue weighted by Gasteiger charge is 2.41. The number of hydrogen-bond acceptors (Lipinski definition) is 2. The number of rotatable bonds is 3. The molecular weight excluding hydrogens is 411 g/mol. The van der Waals surface area contributed by atoms with Gasteiger partial charge < -0.3 is 4.81 Å². The number of allylic oxidation sites excluding steroid dienone is 3. The van der Waals surface area contributed by atoms with E-state index in [0.29, 0.717) is 0 Å². The molecule has 3 heteroatoms. The maximum Gasteiger partial charge on any atom is 0.329 e. The van der Waals surface area contributed by atoms with Gasteiger partial charge in [-0.15, -0.1) is 0 Å². The molecule has 0 radical (unpaired) electrons. The van der Waals surface area contributed by atoms with Crippen molar-refractivity contribution >= 4 is 41.4 Å². The van der Waals surface area contributed by atoms with E-state index in [0.717, 1.165) is 5.57 Å². The summed E-state index contributed by atoms with van der Waals surface area (Å²) in [5, 5.41) is 0. The van der Waals surface area contributed by atoms with Crippen LogP contribution in [0, 0.1) is 0 Å². The second kappa shape index (κ2) is 8.04. The first-order valence-corrected chi connectivity index (χ1v) is 11.7. The molecule has 0 aliphatic carbocycles. The maximum absolute atomic E-state index is 3.90. The molecule has 0 aromatic heterocycles. The fraction of sp³-hybridized carbons (Fsp3) is 0.0645. The van der Waals surface area contributed by atoms with E-state index in [4.69, 9.17) is 0 Å². The predicted octanol–water partition coefficient (Wildman–Crippen LogP) is 6.60. The van der Waals surface area contributed by atoms with Crippen LogP contribution in [0.15, 0.2) is 114 Å². The van der Waals surface area contributed by atoms with Gasteiger partial charge in [-0.05, 0) is 77.5 Å². The smallest absolute Gasteiger partial charge is 0.329 e. The Kier molecular flexibility index (Phi) is 4.84. The van der Waals surface area contributed by atoms with Gasteiger partial charge in [0.05, 0.1) is 0 Å². The number of para-hydroxylation sites is 1. The van der Waals surface area contributed by atoms with Crippen molar-refractivity contribution in [1.82, 2.24) is 0 Å². The zero-order valence-electron chi connectivity index (χ0n) is 19.5. The lowest BCUT2D eigenvalue weighted by atomic mass is 9.43. The van der Waals surface area contributed by atoms with E-state index < -0.39 is 0 Å². The Labute approximate surface area is 201 Å². The molecule has 0 fully saturated rings. The van der Waals surface area contributed by atoms with Crippen molar-refractivity contribution < 1.29 is 0 Å². The molecule has 2 heterocycles. The number of hydrogen-bond donors (Lipinski definition) is 0. The normalized spacial score (nSPS) is 13.9. The minimum Gasteiger partial charge on any atom is -0.376 e. The second-order valence-electron chi connectivity index (χ2n) is 9.08. The van der Waals surface area contributed by atoms with Gasteiger partial charge in [-0.1, -0.05) is 78.9 Å². The van der Waals surface area contributed by atoms with Crippen LogP contribution in [0.3, 0.4) is 0 Å². The molecule has 34 heavy (non-hydrogen) atoms. The molecule has 4 aromatic rings. The molecule has 162 valence electrons. The number of benzene rings is 4. The molecule has 0 atom stereocenters. The lowest BCUT2D eigenvalue weighted by Crippen LogP contribution is -2.59. The van der Waals surface area contributed by atoms with E-state index >= 15 is 0 Å². The standard InChI is InChI=1S/C31H25BN2/c1-21(20-33-3)18-22(2)23-16-17-31-27(19-23)25-11-5-8-14-29(25)32-28-13-7-4-10-24(28)26-12-6-9-15-30(26)34(31)32/h4-20H,3H2,1-2H3/b21-20-,22-18+. The van der Waals surface area contributed by atoms with Crippen molar-refractivity contribution in [2.45, 2.75) is 13.8 Å². The van der Waals surface area contributed by atoms with Gasteiger partial charge in [-0.3, -0.25) is 4.99 Å². The Bertz CT molecular complexity index is 1510. The molecule has 0 unspecified atom stereocenters. The van der Waals surface area contributed by atoms with Gasteiger partial charge >= 0.3 is 6.85 Å². The topological polar surface area (TPSA) is 15.6 Å². The van der Waals surface area contributed by atoms with Gasteiger partial charge in [0.15, 0.2) is 0 Å². The van der Waals surface area contributed by atoms with Crippen molar-refractivity contribution in [3.05, 3.63) is 114 Å². The summed E-state index contributed by atoms with van der Waals surface area (Å²) in [4.78, 5) is 6.44. The highest BCUT2D eigenvalue weighted by molar-refractivity contribution is 6.92. The Morgan fingerprint density at radius 2 is 1.32 bits per heavy atom. The lowest BCUT2D eigenvalue weighted by Gasteiger charge is -2.43. The fourth-order valence-corrected chi connectivity index (χ4v) is 5.54. The van der Waals surface area contributed by atoms with Crippen LogP contribution in [0.4, 0.5) is 11.4 Å². The molecule has 0 bridgehead atoms. The highest BCUT2D eigenvalue weighted by Crippen LogP contribution is 2.46. The van der Waals surface area contributed by atoms with Gasteiger partial charge in [-0.25, -0.2) is 0 Å². The summed E-state index contributed by atoms with van der Waals surface area (Å²) in [5.74, 6) is 0. The van der Waals surface area contributed by atoms with Gasteiger partial charge in [0.2, 0.25) is 0 Å². The monoisotopic (exact) mass is 436 g/mol. The minimum atomic E-state index is 0.154. The molecule has 0 amide bonds. The molecule has 2 aliphatic heterocycles. The van der Waals surface area contributed by atoms with Crippen LogP contribution >= 0.6 is 0 Å². The molecular formula is C31H25BN2. The number of nitrogens with zero attached hydrogens (tertiary/aromatic N) is 2. The average molecular weight is 436 g/mol. The van der Waals surface area contributed by atoms with Crippen molar-refractivity contribution in [3.8, 4) is 22.3 Å². The molecule has 2 aliphatic rings. The number of anilines is 2. The second-order valence-corrected chi connectivity index (χ2v) is 9.08. The Balaban J connectivity index is 1.61. The van der Waals surface area contributed by atoms with Crippen molar-refractivity contribution in [1.29, 1.82) is 0 Å². The summed E-state index contributed by atoms with van der Waals surface area (Å²) >= 11 is 0. The zero-order chi connectivity index (χ0) is 23.2. The van der Waals surface area contributed by atoms with Crippen LogP contribution in [-0.4, -0.2) is 13.6 Å².